The maximum atomic E-state index is 11.1. The van der Waals surface area contributed by atoms with Crippen LogP contribution < -0.4 is 0 Å². The number of ether oxygens (including phenoxy) is 2. The van der Waals surface area contributed by atoms with Crippen LogP contribution in [0.2, 0.25) is 0 Å². The van der Waals surface area contributed by atoms with Crippen LogP contribution in [0.3, 0.4) is 0 Å². The maximum Gasteiger partial charge on any atom is 0.303 e. The second-order valence-corrected chi connectivity index (χ2v) is 6.98. The number of thioether (sulfide) groups is 1. The van der Waals surface area contributed by atoms with Gasteiger partial charge in [0.15, 0.2) is 10.9 Å². The van der Waals surface area contributed by atoms with Crippen molar-refractivity contribution in [2.24, 2.45) is 5.92 Å². The summed E-state index contributed by atoms with van der Waals surface area (Å²) in [5.74, 6) is -0.656. The van der Waals surface area contributed by atoms with E-state index in [1.54, 1.807) is 6.92 Å². The largest absolute Gasteiger partial charge is 0.481 e. The first-order valence-electron chi connectivity index (χ1n) is 7.08. The number of rotatable bonds is 5. The molecule has 0 aromatic rings. The third-order valence-electron chi connectivity index (χ3n) is 4.18. The van der Waals surface area contributed by atoms with Gasteiger partial charge in [-0.2, -0.15) is 0 Å². The predicted molar refractivity (Wildman–Crippen MR) is 75.5 cm³/mol. The zero-order chi connectivity index (χ0) is 14.8. The Balaban J connectivity index is 1.96. The number of carboxylic acids is 1. The third-order valence-corrected chi connectivity index (χ3v) is 5.26. The Bertz CT molecular complexity index is 399. The Hall–Kier alpha value is -0.590. The van der Waals surface area contributed by atoms with E-state index in [2.05, 4.69) is 0 Å². The lowest BCUT2D eigenvalue weighted by Gasteiger charge is -2.29. The first-order chi connectivity index (χ1) is 9.39. The fraction of sp³-hybridized carbons (Fsp3) is 0.857. The van der Waals surface area contributed by atoms with Gasteiger partial charge in [0.2, 0.25) is 0 Å². The van der Waals surface area contributed by atoms with Crippen molar-refractivity contribution >= 4 is 22.8 Å². The van der Waals surface area contributed by atoms with E-state index in [4.69, 9.17) is 14.6 Å². The van der Waals surface area contributed by atoms with Crippen molar-refractivity contribution < 1.29 is 24.2 Å². The Kier molecular flexibility index (Phi) is 4.76. The van der Waals surface area contributed by atoms with E-state index in [0.29, 0.717) is 18.8 Å². The minimum atomic E-state index is -0.765. The van der Waals surface area contributed by atoms with E-state index < -0.39 is 17.4 Å². The van der Waals surface area contributed by atoms with Crippen LogP contribution in [0.15, 0.2) is 0 Å². The summed E-state index contributed by atoms with van der Waals surface area (Å²) in [4.78, 5) is 21.9. The van der Waals surface area contributed by atoms with E-state index in [9.17, 15) is 9.59 Å². The molecule has 1 aliphatic heterocycles. The van der Waals surface area contributed by atoms with Crippen LogP contribution >= 0.6 is 11.8 Å². The summed E-state index contributed by atoms with van der Waals surface area (Å²) >= 11 is 1.27. The molecule has 1 spiro atoms. The molecular formula is C14H22O5S. The second-order valence-electron chi connectivity index (χ2n) is 5.82. The average Bonchev–Trinajstić information content (AvgIpc) is 2.92. The van der Waals surface area contributed by atoms with Gasteiger partial charge in [-0.1, -0.05) is 18.7 Å². The van der Waals surface area contributed by atoms with E-state index in [0.717, 1.165) is 19.3 Å². The van der Waals surface area contributed by atoms with Gasteiger partial charge < -0.3 is 14.6 Å². The smallest absolute Gasteiger partial charge is 0.303 e. The second kappa shape index (κ2) is 6.03. The zero-order valence-electron chi connectivity index (χ0n) is 12.0. The molecule has 114 valence electrons. The molecule has 0 aromatic carbocycles. The minimum absolute atomic E-state index is 0.0811. The lowest BCUT2D eigenvalue weighted by molar-refractivity contribution is -0.180. The topological polar surface area (TPSA) is 72.8 Å². The number of carboxylic acid groups (broad SMARTS) is 1. The molecule has 1 N–H and O–H groups in total. The van der Waals surface area contributed by atoms with Crippen LogP contribution in [0.5, 0.6) is 0 Å². The number of carbonyl (C=O) groups is 2. The lowest BCUT2D eigenvalue weighted by Crippen LogP contribution is -2.37. The van der Waals surface area contributed by atoms with E-state index in [-0.39, 0.29) is 17.5 Å². The Morgan fingerprint density at radius 1 is 1.45 bits per heavy atom. The van der Waals surface area contributed by atoms with E-state index >= 15 is 0 Å². The fourth-order valence-electron chi connectivity index (χ4n) is 3.01. The van der Waals surface area contributed by atoms with Crippen LogP contribution in [0.25, 0.3) is 0 Å². The number of carbonyl (C=O) groups excluding carboxylic acids is 1. The van der Waals surface area contributed by atoms with E-state index in [1.807, 2.05) is 6.92 Å². The van der Waals surface area contributed by atoms with Crippen molar-refractivity contribution in [2.45, 2.75) is 57.3 Å². The molecule has 2 rings (SSSR count). The highest BCUT2D eigenvalue weighted by molar-refractivity contribution is 8.13. The lowest BCUT2D eigenvalue weighted by atomic mass is 10.0. The molecular weight excluding hydrogens is 280 g/mol. The molecule has 1 aliphatic carbocycles. The van der Waals surface area contributed by atoms with Gasteiger partial charge in [0.25, 0.3) is 0 Å². The maximum absolute atomic E-state index is 11.1. The van der Waals surface area contributed by atoms with Crippen LogP contribution in [0, 0.1) is 5.92 Å². The normalized spacial score (nSPS) is 36.6. The van der Waals surface area contributed by atoms with Crippen LogP contribution in [-0.4, -0.2) is 39.9 Å². The quantitative estimate of drug-likeness (QED) is 0.841. The highest BCUT2D eigenvalue weighted by Crippen LogP contribution is 2.48. The standard InChI is InChI=1S/C14H22O5S/c1-3-13(9-20-10(2)15)8-18-14(19-13)5-4-11(7-14)6-12(16)17/h11H,3-9H2,1-2H3,(H,16,17). The summed E-state index contributed by atoms with van der Waals surface area (Å²) in [5.41, 5.74) is -0.408. The molecule has 3 atom stereocenters. The molecule has 0 amide bonds. The molecule has 2 fully saturated rings. The molecule has 5 nitrogen and oxygen atoms in total. The number of hydrogen-bond acceptors (Lipinski definition) is 5. The molecule has 20 heavy (non-hydrogen) atoms. The summed E-state index contributed by atoms with van der Waals surface area (Å²) < 4.78 is 12.1. The van der Waals surface area contributed by atoms with Crippen molar-refractivity contribution in [3.8, 4) is 0 Å². The monoisotopic (exact) mass is 302 g/mol. The summed E-state index contributed by atoms with van der Waals surface area (Å²) in [6.07, 6.45) is 3.18. The van der Waals surface area contributed by atoms with Crippen molar-refractivity contribution in [2.75, 3.05) is 12.4 Å². The first kappa shape index (κ1) is 15.8. The highest BCUT2D eigenvalue weighted by atomic mass is 32.2. The van der Waals surface area contributed by atoms with Gasteiger partial charge in [-0.25, -0.2) is 0 Å². The van der Waals surface area contributed by atoms with Gasteiger partial charge in [-0.15, -0.1) is 0 Å². The summed E-state index contributed by atoms with van der Waals surface area (Å²) in [5, 5.41) is 8.96. The summed E-state index contributed by atoms with van der Waals surface area (Å²) in [6, 6.07) is 0. The van der Waals surface area contributed by atoms with Gasteiger partial charge in [-0.05, 0) is 18.8 Å². The molecule has 0 aromatic heterocycles. The zero-order valence-corrected chi connectivity index (χ0v) is 12.8. The Labute approximate surface area is 123 Å². The SMILES string of the molecule is CCC1(CSC(C)=O)COC2(CCC(CC(=O)O)C2)O1. The fourth-order valence-corrected chi connectivity index (χ4v) is 3.82. The Morgan fingerprint density at radius 2 is 2.20 bits per heavy atom. The van der Waals surface area contributed by atoms with Gasteiger partial charge in [-0.3, -0.25) is 9.59 Å². The molecule has 2 aliphatic rings. The van der Waals surface area contributed by atoms with Crippen LogP contribution in [0.1, 0.15) is 46.0 Å². The summed E-state index contributed by atoms with van der Waals surface area (Å²) in [6.45, 7) is 4.08. The van der Waals surface area contributed by atoms with Gasteiger partial charge in [0, 0.05) is 31.9 Å². The van der Waals surface area contributed by atoms with Crippen molar-refractivity contribution in [1.29, 1.82) is 0 Å². The van der Waals surface area contributed by atoms with Crippen LogP contribution in [0.4, 0.5) is 0 Å². The molecule has 0 bridgehead atoms. The molecule has 1 saturated heterocycles. The molecule has 1 heterocycles. The highest BCUT2D eigenvalue weighted by Gasteiger charge is 2.53. The van der Waals surface area contributed by atoms with Crippen molar-refractivity contribution in [1.82, 2.24) is 0 Å². The predicted octanol–water partition coefficient (Wildman–Crippen LogP) is 2.43. The van der Waals surface area contributed by atoms with Crippen molar-refractivity contribution in [3.05, 3.63) is 0 Å². The third kappa shape index (κ3) is 3.54. The molecule has 1 saturated carbocycles. The van der Waals surface area contributed by atoms with Gasteiger partial charge in [0.05, 0.1) is 6.61 Å². The number of hydrogen-bond donors (Lipinski definition) is 1. The van der Waals surface area contributed by atoms with E-state index in [1.165, 1.54) is 11.8 Å². The molecule has 3 unspecified atom stereocenters. The molecule has 6 heteroatoms. The first-order valence-corrected chi connectivity index (χ1v) is 8.06. The van der Waals surface area contributed by atoms with Gasteiger partial charge >= 0.3 is 5.97 Å². The minimum Gasteiger partial charge on any atom is -0.481 e. The average molecular weight is 302 g/mol. The Morgan fingerprint density at radius 3 is 2.80 bits per heavy atom. The van der Waals surface area contributed by atoms with Crippen molar-refractivity contribution in [3.63, 3.8) is 0 Å². The van der Waals surface area contributed by atoms with Crippen LogP contribution in [-0.2, 0) is 19.1 Å². The molecule has 0 radical (unpaired) electrons. The van der Waals surface area contributed by atoms with Gasteiger partial charge in [0.1, 0.15) is 5.60 Å². The number of aliphatic carboxylic acids is 1. The summed E-state index contributed by atoms with van der Waals surface area (Å²) in [7, 11) is 0.